The molecule has 2 N–H and O–H groups in total. The van der Waals surface area contributed by atoms with Gasteiger partial charge in [0.05, 0.1) is 4.92 Å². The van der Waals surface area contributed by atoms with Gasteiger partial charge in [-0.1, -0.05) is 0 Å². The lowest BCUT2D eigenvalue weighted by molar-refractivity contribution is -0.910. The van der Waals surface area contributed by atoms with Crippen LogP contribution in [0.1, 0.15) is 12.8 Å². The first-order valence-corrected chi connectivity index (χ1v) is 5.72. The molecule has 1 heterocycles. The lowest BCUT2D eigenvalue weighted by Gasteiger charge is -2.04. The van der Waals surface area contributed by atoms with Gasteiger partial charge in [0.25, 0.3) is 0 Å². The number of aromatic nitrogens is 1. The maximum Gasteiger partial charge on any atom is 0.356 e. The van der Waals surface area contributed by atoms with E-state index in [0.29, 0.717) is 4.73 Å². The van der Waals surface area contributed by atoms with E-state index in [-0.39, 0.29) is 27.2 Å². The van der Waals surface area contributed by atoms with Gasteiger partial charge in [0.1, 0.15) is 6.07 Å². The molecule has 0 saturated heterocycles. The summed E-state index contributed by atoms with van der Waals surface area (Å²) in [5, 5.41) is 23.2. The predicted molar refractivity (Wildman–Crippen MR) is 59.8 cm³/mol. The third kappa shape index (κ3) is 2.05. The minimum absolute atomic E-state index is 0.104. The van der Waals surface area contributed by atoms with Crippen LogP contribution in [0.2, 0.25) is 5.15 Å². The number of nitrogens with one attached hydrogen (secondary N) is 1. The van der Waals surface area contributed by atoms with Gasteiger partial charge in [0, 0.05) is 26.7 Å². The summed E-state index contributed by atoms with van der Waals surface area (Å²) in [7, 11) is 0. The van der Waals surface area contributed by atoms with E-state index < -0.39 is 4.92 Å². The van der Waals surface area contributed by atoms with Crippen LogP contribution in [0.4, 0.5) is 11.4 Å². The van der Waals surface area contributed by atoms with Crippen molar-refractivity contribution >= 4 is 38.9 Å². The minimum Gasteiger partial charge on any atom is -0.370 e. The highest BCUT2D eigenvalue weighted by Gasteiger charge is 2.33. The third-order valence-electron chi connectivity index (χ3n) is 2.23. The number of hydrogen-bond donors (Lipinski definition) is 2. The second-order valence-electron chi connectivity index (χ2n) is 3.51. The number of nitro groups is 1. The highest BCUT2D eigenvalue weighted by atomic mass is 79.9. The van der Waals surface area contributed by atoms with Gasteiger partial charge in [-0.25, -0.2) is 0 Å². The van der Waals surface area contributed by atoms with E-state index in [4.69, 9.17) is 11.6 Å². The molecule has 8 heteroatoms. The Hall–Kier alpha value is -1.08. The molecule has 0 bridgehead atoms. The highest BCUT2D eigenvalue weighted by Crippen LogP contribution is 2.35. The largest absolute Gasteiger partial charge is 0.370 e. The predicted octanol–water partition coefficient (Wildman–Crippen LogP) is 2.11. The van der Waals surface area contributed by atoms with Crippen LogP contribution in [0.3, 0.4) is 0 Å². The van der Waals surface area contributed by atoms with E-state index >= 15 is 0 Å². The van der Waals surface area contributed by atoms with E-state index in [9.17, 15) is 15.3 Å². The maximum atomic E-state index is 10.8. The van der Waals surface area contributed by atoms with E-state index in [1.54, 1.807) is 0 Å². The number of rotatable bonds is 3. The quantitative estimate of drug-likeness (QED) is 0.295. The maximum absolute atomic E-state index is 10.8. The fourth-order valence-corrected chi connectivity index (χ4v) is 2.00. The van der Waals surface area contributed by atoms with Gasteiger partial charge in [-0.3, -0.25) is 15.3 Å². The zero-order chi connectivity index (χ0) is 11.9. The van der Waals surface area contributed by atoms with Crippen LogP contribution in [0.5, 0.6) is 0 Å². The van der Waals surface area contributed by atoms with Crippen molar-refractivity contribution in [3.8, 4) is 0 Å². The highest BCUT2D eigenvalue weighted by molar-refractivity contribution is 9.10. The van der Waals surface area contributed by atoms with Gasteiger partial charge in [0.15, 0.2) is 0 Å². The van der Waals surface area contributed by atoms with E-state index in [0.717, 1.165) is 12.8 Å². The molecule has 0 radical (unpaired) electrons. The SMILES string of the molecule is O=[N+]([O-])c1cc(Br)[n+](O)c(Cl)c1NC1CC1. The van der Waals surface area contributed by atoms with Crippen molar-refractivity contribution in [3.63, 3.8) is 0 Å². The number of hydrogen-bond acceptors (Lipinski definition) is 4. The molecule has 0 spiro atoms. The topological polar surface area (TPSA) is 79.3 Å². The zero-order valence-corrected chi connectivity index (χ0v) is 10.3. The molecule has 0 amide bonds. The molecular formula is C8H8BrClN3O3+. The van der Waals surface area contributed by atoms with E-state index in [1.807, 2.05) is 0 Å². The molecule has 1 saturated carbocycles. The summed E-state index contributed by atoms with van der Waals surface area (Å²) in [5.74, 6) is 0. The number of pyridine rings is 1. The Balaban J connectivity index is 2.51. The third-order valence-corrected chi connectivity index (χ3v) is 3.14. The standard InChI is InChI=1S/C8H8BrClN3O3/c9-6-3-5(13(15)16)7(8(10)12(6)14)11-4-1-2-4/h3-4,11,14H,1-2H2/q+1. The van der Waals surface area contributed by atoms with Gasteiger partial charge < -0.3 is 5.32 Å². The van der Waals surface area contributed by atoms with Crippen molar-refractivity contribution in [1.82, 2.24) is 0 Å². The first kappa shape index (κ1) is 11.4. The van der Waals surface area contributed by atoms with Gasteiger partial charge in [-0.2, -0.15) is 0 Å². The van der Waals surface area contributed by atoms with Crippen LogP contribution in [0.15, 0.2) is 10.7 Å². The van der Waals surface area contributed by atoms with Crippen molar-refractivity contribution in [1.29, 1.82) is 0 Å². The molecule has 1 aromatic heterocycles. The Morgan fingerprint density at radius 3 is 2.81 bits per heavy atom. The van der Waals surface area contributed by atoms with Crippen molar-refractivity contribution in [2.45, 2.75) is 18.9 Å². The number of halogens is 2. The molecule has 86 valence electrons. The van der Waals surface area contributed by atoms with Gasteiger partial charge >= 0.3 is 15.4 Å². The Labute approximate surface area is 104 Å². The second-order valence-corrected chi connectivity index (χ2v) is 4.68. The molecular weight excluding hydrogens is 301 g/mol. The molecule has 16 heavy (non-hydrogen) atoms. The monoisotopic (exact) mass is 308 g/mol. The van der Waals surface area contributed by atoms with Crippen LogP contribution in [-0.2, 0) is 0 Å². The molecule has 2 rings (SSSR count). The lowest BCUT2D eigenvalue weighted by atomic mass is 10.3. The normalized spacial score (nSPS) is 14.9. The Morgan fingerprint density at radius 1 is 1.69 bits per heavy atom. The Morgan fingerprint density at radius 2 is 2.31 bits per heavy atom. The molecule has 0 atom stereocenters. The summed E-state index contributed by atoms with van der Waals surface area (Å²) in [4.78, 5) is 10.3. The molecule has 1 aliphatic carbocycles. The van der Waals surface area contributed by atoms with Crippen LogP contribution >= 0.6 is 27.5 Å². The summed E-state index contributed by atoms with van der Waals surface area (Å²) < 4.78 is 0.782. The molecule has 1 fully saturated rings. The molecule has 6 nitrogen and oxygen atoms in total. The van der Waals surface area contributed by atoms with E-state index in [1.165, 1.54) is 6.07 Å². The smallest absolute Gasteiger partial charge is 0.356 e. The fraction of sp³-hybridized carbons (Fsp3) is 0.375. The van der Waals surface area contributed by atoms with Crippen molar-refractivity contribution in [3.05, 3.63) is 25.9 Å². The minimum atomic E-state index is -0.540. The fourth-order valence-electron chi connectivity index (χ4n) is 1.26. The van der Waals surface area contributed by atoms with Crippen molar-refractivity contribution in [2.75, 3.05) is 5.32 Å². The van der Waals surface area contributed by atoms with E-state index in [2.05, 4.69) is 21.2 Å². The summed E-state index contributed by atoms with van der Waals surface area (Å²) in [5.41, 5.74) is -0.00561. The second kappa shape index (κ2) is 4.06. The number of anilines is 1. The van der Waals surface area contributed by atoms with Crippen LogP contribution in [0.25, 0.3) is 0 Å². The summed E-state index contributed by atoms with van der Waals surface area (Å²) in [6, 6.07) is 1.41. The van der Waals surface area contributed by atoms with Crippen molar-refractivity contribution in [2.24, 2.45) is 0 Å². The van der Waals surface area contributed by atoms with Gasteiger partial charge in [-0.05, 0) is 24.4 Å². The summed E-state index contributed by atoms with van der Waals surface area (Å²) in [6.45, 7) is 0. The molecule has 0 unspecified atom stereocenters. The molecule has 1 aliphatic rings. The van der Waals surface area contributed by atoms with Crippen LogP contribution < -0.4 is 10.0 Å². The average molecular weight is 310 g/mol. The summed E-state index contributed by atoms with van der Waals surface area (Å²) >= 11 is 8.81. The van der Waals surface area contributed by atoms with Crippen LogP contribution in [0, 0.1) is 10.1 Å². The molecule has 0 aliphatic heterocycles. The Bertz CT molecular complexity index is 464. The Kier molecular flexibility index (Phi) is 2.90. The molecule has 1 aromatic rings. The first-order chi connectivity index (χ1) is 7.50. The molecule has 0 aromatic carbocycles. The first-order valence-electron chi connectivity index (χ1n) is 4.55. The average Bonchev–Trinajstić information content (AvgIpc) is 3.02. The summed E-state index contributed by atoms with van der Waals surface area (Å²) in [6.07, 6.45) is 1.91. The van der Waals surface area contributed by atoms with Crippen molar-refractivity contribution < 1.29 is 14.9 Å². The van der Waals surface area contributed by atoms with Crippen LogP contribution in [-0.4, -0.2) is 16.2 Å². The van der Waals surface area contributed by atoms with Gasteiger partial charge in [0.2, 0.25) is 5.69 Å². The lowest BCUT2D eigenvalue weighted by Crippen LogP contribution is -2.34. The number of nitrogens with zero attached hydrogens (tertiary/aromatic N) is 2. The van der Waals surface area contributed by atoms with Gasteiger partial charge in [-0.15, -0.1) is 0 Å². The zero-order valence-electron chi connectivity index (χ0n) is 7.98.